The first-order valence-electron chi connectivity index (χ1n) is 7.25. The highest BCUT2D eigenvalue weighted by Crippen LogP contribution is 2.16. The van der Waals surface area contributed by atoms with Crippen LogP contribution >= 0.6 is 0 Å². The van der Waals surface area contributed by atoms with E-state index in [1.165, 1.54) is 5.56 Å². The maximum atomic E-state index is 6.20. The van der Waals surface area contributed by atoms with Crippen LogP contribution in [0.1, 0.15) is 38.0 Å². The third-order valence-electron chi connectivity index (χ3n) is 3.17. The van der Waals surface area contributed by atoms with E-state index in [0.29, 0.717) is 24.7 Å². The van der Waals surface area contributed by atoms with Gasteiger partial charge in [0.05, 0.1) is 12.7 Å². The van der Waals surface area contributed by atoms with E-state index >= 15 is 0 Å². The topological polar surface area (TPSA) is 74.2 Å². The summed E-state index contributed by atoms with van der Waals surface area (Å²) < 4.78 is 10.8. The summed E-state index contributed by atoms with van der Waals surface area (Å²) in [5, 5.41) is 3.99. The first kappa shape index (κ1) is 15.7. The van der Waals surface area contributed by atoms with Crippen LogP contribution in [0.2, 0.25) is 0 Å². The van der Waals surface area contributed by atoms with Crippen molar-refractivity contribution in [3.63, 3.8) is 0 Å². The number of rotatable bonds is 7. The number of nitrogens with two attached hydrogens (primary N) is 1. The van der Waals surface area contributed by atoms with E-state index in [-0.39, 0.29) is 6.10 Å². The third kappa shape index (κ3) is 4.65. The van der Waals surface area contributed by atoms with Gasteiger partial charge in [-0.1, -0.05) is 35.5 Å². The van der Waals surface area contributed by atoms with E-state index < -0.39 is 5.54 Å². The van der Waals surface area contributed by atoms with Crippen LogP contribution in [0.5, 0.6) is 0 Å². The SMILES string of the molecule is CC(C)OCC(C)(N)c1noc(CCc2ccccc2)n1. The molecule has 0 aliphatic rings. The standard InChI is InChI=1S/C16H23N3O2/c1-12(2)20-11-16(3,17)15-18-14(21-19-15)10-9-13-7-5-4-6-8-13/h4-8,12H,9-11,17H2,1-3H3. The van der Waals surface area contributed by atoms with Crippen molar-refractivity contribution in [3.8, 4) is 0 Å². The second-order valence-corrected chi connectivity index (χ2v) is 5.77. The molecule has 5 heteroatoms. The van der Waals surface area contributed by atoms with Crippen molar-refractivity contribution in [2.24, 2.45) is 5.73 Å². The number of hydrogen-bond donors (Lipinski definition) is 1. The summed E-state index contributed by atoms with van der Waals surface area (Å²) in [5.74, 6) is 1.10. The molecular weight excluding hydrogens is 266 g/mol. The normalized spacial score (nSPS) is 14.3. The van der Waals surface area contributed by atoms with Crippen molar-refractivity contribution in [3.05, 3.63) is 47.6 Å². The van der Waals surface area contributed by atoms with Crippen LogP contribution in [-0.2, 0) is 23.1 Å². The van der Waals surface area contributed by atoms with Gasteiger partial charge in [0.2, 0.25) is 5.89 Å². The average Bonchev–Trinajstić information content (AvgIpc) is 2.94. The fourth-order valence-corrected chi connectivity index (χ4v) is 1.89. The molecule has 2 rings (SSSR count). The van der Waals surface area contributed by atoms with Crippen LogP contribution in [-0.4, -0.2) is 22.9 Å². The Hall–Kier alpha value is -1.72. The van der Waals surface area contributed by atoms with Crippen molar-refractivity contribution < 1.29 is 9.26 Å². The van der Waals surface area contributed by atoms with Crippen molar-refractivity contribution in [2.45, 2.75) is 45.3 Å². The van der Waals surface area contributed by atoms with Crippen LogP contribution in [0.3, 0.4) is 0 Å². The molecule has 0 radical (unpaired) electrons. The number of benzene rings is 1. The minimum atomic E-state index is -0.737. The zero-order chi connectivity index (χ0) is 15.3. The summed E-state index contributed by atoms with van der Waals surface area (Å²) in [6, 6.07) is 10.2. The number of nitrogens with zero attached hydrogens (tertiary/aromatic N) is 2. The molecule has 1 aromatic heterocycles. The second-order valence-electron chi connectivity index (χ2n) is 5.77. The molecule has 0 aliphatic carbocycles. The number of hydrogen-bond acceptors (Lipinski definition) is 5. The highest BCUT2D eigenvalue weighted by molar-refractivity contribution is 5.15. The molecule has 0 saturated carbocycles. The number of aryl methyl sites for hydroxylation is 2. The Morgan fingerprint density at radius 1 is 1.24 bits per heavy atom. The van der Waals surface area contributed by atoms with Crippen molar-refractivity contribution >= 4 is 0 Å². The lowest BCUT2D eigenvalue weighted by atomic mass is 10.1. The molecule has 1 heterocycles. The van der Waals surface area contributed by atoms with Gasteiger partial charge in [-0.3, -0.25) is 0 Å². The van der Waals surface area contributed by atoms with Gasteiger partial charge in [0.15, 0.2) is 5.82 Å². The summed E-state index contributed by atoms with van der Waals surface area (Å²) in [4.78, 5) is 4.39. The predicted octanol–water partition coefficient (Wildman–Crippen LogP) is 2.45. The molecule has 21 heavy (non-hydrogen) atoms. The molecule has 2 N–H and O–H groups in total. The molecule has 0 amide bonds. The number of aromatic nitrogens is 2. The first-order valence-corrected chi connectivity index (χ1v) is 7.25. The van der Waals surface area contributed by atoms with Crippen molar-refractivity contribution in [2.75, 3.05) is 6.61 Å². The van der Waals surface area contributed by atoms with Gasteiger partial charge in [-0.2, -0.15) is 4.98 Å². The molecule has 0 saturated heterocycles. The van der Waals surface area contributed by atoms with Gasteiger partial charge in [-0.05, 0) is 32.8 Å². The van der Waals surface area contributed by atoms with Crippen LogP contribution in [0.15, 0.2) is 34.9 Å². The Labute approximate surface area is 125 Å². The minimum absolute atomic E-state index is 0.123. The van der Waals surface area contributed by atoms with Crippen LogP contribution < -0.4 is 5.73 Å². The highest BCUT2D eigenvalue weighted by atomic mass is 16.5. The van der Waals surface area contributed by atoms with Gasteiger partial charge in [-0.15, -0.1) is 0 Å². The molecule has 0 spiro atoms. The molecule has 5 nitrogen and oxygen atoms in total. The highest BCUT2D eigenvalue weighted by Gasteiger charge is 2.28. The van der Waals surface area contributed by atoms with Gasteiger partial charge >= 0.3 is 0 Å². The van der Waals surface area contributed by atoms with Crippen molar-refractivity contribution in [1.29, 1.82) is 0 Å². The Balaban J connectivity index is 1.94. The van der Waals surface area contributed by atoms with E-state index in [1.807, 2.05) is 39.0 Å². The fraction of sp³-hybridized carbons (Fsp3) is 0.500. The van der Waals surface area contributed by atoms with E-state index in [1.54, 1.807) is 0 Å². The fourth-order valence-electron chi connectivity index (χ4n) is 1.89. The maximum Gasteiger partial charge on any atom is 0.227 e. The zero-order valence-corrected chi connectivity index (χ0v) is 12.9. The summed E-state index contributed by atoms with van der Waals surface area (Å²) >= 11 is 0. The average molecular weight is 289 g/mol. The molecule has 1 aromatic carbocycles. The van der Waals surface area contributed by atoms with Crippen LogP contribution in [0.25, 0.3) is 0 Å². The molecule has 0 aliphatic heterocycles. The third-order valence-corrected chi connectivity index (χ3v) is 3.17. The lowest BCUT2D eigenvalue weighted by molar-refractivity contribution is 0.0410. The Bertz CT molecular complexity index is 550. The van der Waals surface area contributed by atoms with E-state index in [4.69, 9.17) is 15.0 Å². The van der Waals surface area contributed by atoms with Gasteiger partial charge in [0, 0.05) is 6.42 Å². The zero-order valence-electron chi connectivity index (χ0n) is 12.9. The largest absolute Gasteiger partial charge is 0.376 e. The Morgan fingerprint density at radius 3 is 2.62 bits per heavy atom. The summed E-state index contributed by atoms with van der Waals surface area (Å²) in [5.41, 5.74) is 6.71. The maximum absolute atomic E-state index is 6.20. The molecule has 0 bridgehead atoms. The smallest absolute Gasteiger partial charge is 0.227 e. The van der Waals surface area contributed by atoms with E-state index in [0.717, 1.165) is 6.42 Å². The van der Waals surface area contributed by atoms with E-state index in [2.05, 4.69) is 22.3 Å². The van der Waals surface area contributed by atoms with Crippen molar-refractivity contribution in [1.82, 2.24) is 10.1 Å². The molecule has 0 fully saturated rings. The quantitative estimate of drug-likeness (QED) is 0.847. The van der Waals surface area contributed by atoms with Crippen LogP contribution in [0.4, 0.5) is 0 Å². The van der Waals surface area contributed by atoms with Crippen LogP contribution in [0, 0.1) is 0 Å². The van der Waals surface area contributed by atoms with Gasteiger partial charge in [0.1, 0.15) is 5.54 Å². The summed E-state index contributed by atoms with van der Waals surface area (Å²) in [6.07, 6.45) is 1.70. The number of ether oxygens (including phenoxy) is 1. The first-order chi connectivity index (χ1) is 9.97. The predicted molar refractivity (Wildman–Crippen MR) is 80.8 cm³/mol. The second kappa shape index (κ2) is 6.83. The summed E-state index contributed by atoms with van der Waals surface area (Å²) in [7, 11) is 0. The molecule has 114 valence electrons. The lowest BCUT2D eigenvalue weighted by Crippen LogP contribution is -2.40. The molecular formula is C16H23N3O2. The summed E-state index contributed by atoms with van der Waals surface area (Å²) in [6.45, 7) is 6.15. The molecule has 1 unspecified atom stereocenters. The molecule has 2 aromatic rings. The Morgan fingerprint density at radius 2 is 1.95 bits per heavy atom. The minimum Gasteiger partial charge on any atom is -0.376 e. The van der Waals surface area contributed by atoms with Gasteiger partial charge in [-0.25, -0.2) is 0 Å². The Kier molecular flexibility index (Phi) is 5.09. The van der Waals surface area contributed by atoms with Gasteiger partial charge in [0.25, 0.3) is 0 Å². The monoisotopic (exact) mass is 289 g/mol. The van der Waals surface area contributed by atoms with Gasteiger partial charge < -0.3 is 15.0 Å². The lowest BCUT2D eigenvalue weighted by Gasteiger charge is -2.21. The molecule has 1 atom stereocenters. The van der Waals surface area contributed by atoms with E-state index in [9.17, 15) is 0 Å².